The maximum absolute atomic E-state index is 12.6. The first-order valence-electron chi connectivity index (χ1n) is 5.24. The molecule has 2 aromatic rings. The normalized spacial score (nSPS) is 11.3. The summed E-state index contributed by atoms with van der Waals surface area (Å²) in [5.41, 5.74) is -0.503. The number of rotatable bonds is 2. The van der Waals surface area contributed by atoms with E-state index in [-0.39, 0.29) is 11.6 Å². The molecule has 0 bridgehead atoms. The third-order valence-electron chi connectivity index (χ3n) is 2.22. The Labute approximate surface area is 102 Å². The van der Waals surface area contributed by atoms with Gasteiger partial charge < -0.3 is 4.74 Å². The Morgan fingerprint density at radius 3 is 2.33 bits per heavy atom. The number of pyridine rings is 1. The zero-order valence-electron chi connectivity index (χ0n) is 9.53. The van der Waals surface area contributed by atoms with E-state index >= 15 is 0 Å². The van der Waals surface area contributed by atoms with Gasteiger partial charge in [-0.05, 0) is 25.1 Å². The molecule has 0 aliphatic carbocycles. The molecule has 1 heterocycles. The Morgan fingerprint density at radius 1 is 1.06 bits per heavy atom. The molecule has 2 nitrogen and oxygen atoms in total. The lowest BCUT2D eigenvalue weighted by Crippen LogP contribution is -2.06. The topological polar surface area (TPSA) is 22.1 Å². The van der Waals surface area contributed by atoms with Crippen molar-refractivity contribution in [3.8, 4) is 11.6 Å². The van der Waals surface area contributed by atoms with E-state index in [9.17, 15) is 13.2 Å². The van der Waals surface area contributed by atoms with Gasteiger partial charge in [0, 0.05) is 11.8 Å². The van der Waals surface area contributed by atoms with E-state index in [1.807, 2.05) is 0 Å². The molecule has 0 radical (unpaired) electrons. The summed E-state index contributed by atoms with van der Waals surface area (Å²) in [5.74, 6) is 0.386. The van der Waals surface area contributed by atoms with Gasteiger partial charge in [0.15, 0.2) is 0 Å². The monoisotopic (exact) mass is 253 g/mol. The van der Waals surface area contributed by atoms with Crippen molar-refractivity contribution >= 4 is 0 Å². The highest BCUT2D eigenvalue weighted by Gasteiger charge is 2.31. The Bertz CT molecular complexity index is 538. The van der Waals surface area contributed by atoms with Crippen LogP contribution in [0.4, 0.5) is 13.2 Å². The lowest BCUT2D eigenvalue weighted by Gasteiger charge is -2.10. The average molecular weight is 253 g/mol. The summed E-state index contributed by atoms with van der Waals surface area (Å²) >= 11 is 0. The number of aromatic nitrogens is 1. The van der Waals surface area contributed by atoms with Gasteiger partial charge in [-0.15, -0.1) is 0 Å². The smallest absolute Gasteiger partial charge is 0.416 e. The molecule has 0 fully saturated rings. The minimum Gasteiger partial charge on any atom is -0.439 e. The molecule has 18 heavy (non-hydrogen) atoms. The predicted octanol–water partition coefficient (Wildman–Crippen LogP) is 4.20. The zero-order valence-corrected chi connectivity index (χ0v) is 9.53. The molecule has 0 saturated carbocycles. The summed E-state index contributed by atoms with van der Waals surface area (Å²) in [6.45, 7) is 1.49. The standard InChI is InChI=1S/C13H10F3NO/c1-9-7-10(13(14,15)16)8-12(17-9)18-11-5-3-2-4-6-11/h2-8H,1H3. The van der Waals surface area contributed by atoms with Crippen LogP contribution in [0.1, 0.15) is 11.3 Å². The fraction of sp³-hybridized carbons (Fsp3) is 0.154. The number of halogens is 3. The van der Waals surface area contributed by atoms with Crippen LogP contribution in [0.3, 0.4) is 0 Å². The Hall–Kier alpha value is -2.04. The molecular formula is C13H10F3NO. The van der Waals surface area contributed by atoms with Crippen molar-refractivity contribution in [2.24, 2.45) is 0 Å². The summed E-state index contributed by atoms with van der Waals surface area (Å²) in [4.78, 5) is 3.92. The number of hydrogen-bond acceptors (Lipinski definition) is 2. The molecular weight excluding hydrogens is 243 g/mol. The van der Waals surface area contributed by atoms with Gasteiger partial charge in [-0.1, -0.05) is 18.2 Å². The molecule has 94 valence electrons. The number of para-hydroxylation sites is 1. The van der Waals surface area contributed by atoms with Gasteiger partial charge >= 0.3 is 6.18 Å². The van der Waals surface area contributed by atoms with Crippen molar-refractivity contribution in [1.82, 2.24) is 4.98 Å². The van der Waals surface area contributed by atoms with Crippen LogP contribution in [-0.4, -0.2) is 4.98 Å². The van der Waals surface area contributed by atoms with Crippen molar-refractivity contribution in [3.63, 3.8) is 0 Å². The predicted molar refractivity (Wildman–Crippen MR) is 60.5 cm³/mol. The van der Waals surface area contributed by atoms with Crippen LogP contribution in [0.25, 0.3) is 0 Å². The van der Waals surface area contributed by atoms with Crippen LogP contribution in [0.5, 0.6) is 11.6 Å². The number of ether oxygens (including phenoxy) is 1. The number of hydrogen-bond donors (Lipinski definition) is 0. The molecule has 0 saturated heterocycles. The lowest BCUT2D eigenvalue weighted by molar-refractivity contribution is -0.137. The maximum Gasteiger partial charge on any atom is 0.416 e. The third kappa shape index (κ3) is 3.00. The van der Waals surface area contributed by atoms with Crippen molar-refractivity contribution in [1.29, 1.82) is 0 Å². The highest BCUT2D eigenvalue weighted by Crippen LogP contribution is 2.32. The van der Waals surface area contributed by atoms with Crippen molar-refractivity contribution in [3.05, 3.63) is 53.7 Å². The number of aryl methyl sites for hydroxylation is 1. The van der Waals surface area contributed by atoms with E-state index in [1.54, 1.807) is 30.3 Å². The lowest BCUT2D eigenvalue weighted by atomic mass is 10.2. The molecule has 1 aromatic carbocycles. The van der Waals surface area contributed by atoms with Gasteiger partial charge in [-0.25, -0.2) is 4.98 Å². The summed E-state index contributed by atoms with van der Waals surface area (Å²) in [7, 11) is 0. The van der Waals surface area contributed by atoms with E-state index in [0.717, 1.165) is 12.1 Å². The van der Waals surface area contributed by atoms with Crippen molar-refractivity contribution in [2.45, 2.75) is 13.1 Å². The van der Waals surface area contributed by atoms with Crippen molar-refractivity contribution < 1.29 is 17.9 Å². The van der Waals surface area contributed by atoms with E-state index in [0.29, 0.717) is 5.75 Å². The molecule has 2 rings (SSSR count). The maximum atomic E-state index is 12.6. The largest absolute Gasteiger partial charge is 0.439 e. The SMILES string of the molecule is Cc1cc(C(F)(F)F)cc(Oc2ccccc2)n1. The van der Waals surface area contributed by atoms with E-state index in [4.69, 9.17) is 4.74 Å². The first-order valence-corrected chi connectivity index (χ1v) is 5.24. The van der Waals surface area contributed by atoms with Crippen LogP contribution in [0, 0.1) is 6.92 Å². The molecule has 1 aromatic heterocycles. The highest BCUT2D eigenvalue weighted by molar-refractivity contribution is 5.31. The van der Waals surface area contributed by atoms with E-state index in [2.05, 4.69) is 4.98 Å². The van der Waals surface area contributed by atoms with Gasteiger partial charge in [0.1, 0.15) is 5.75 Å². The molecule has 0 N–H and O–H groups in total. The van der Waals surface area contributed by atoms with Gasteiger partial charge in [0.2, 0.25) is 5.88 Å². The minimum absolute atomic E-state index is 0.0616. The minimum atomic E-state index is -4.40. The summed E-state index contributed by atoms with van der Waals surface area (Å²) in [6.07, 6.45) is -4.40. The van der Waals surface area contributed by atoms with E-state index in [1.165, 1.54) is 6.92 Å². The molecule has 0 spiro atoms. The van der Waals surface area contributed by atoms with Gasteiger partial charge in [0.25, 0.3) is 0 Å². The average Bonchev–Trinajstić information content (AvgIpc) is 2.28. The Balaban J connectivity index is 2.32. The van der Waals surface area contributed by atoms with Crippen LogP contribution in [0.15, 0.2) is 42.5 Å². The fourth-order valence-corrected chi connectivity index (χ4v) is 1.46. The second-order valence-electron chi connectivity index (χ2n) is 3.75. The molecule has 0 aliphatic heterocycles. The van der Waals surface area contributed by atoms with Crippen LogP contribution in [0.2, 0.25) is 0 Å². The van der Waals surface area contributed by atoms with Gasteiger partial charge in [-0.3, -0.25) is 0 Å². The van der Waals surface area contributed by atoms with E-state index < -0.39 is 11.7 Å². The van der Waals surface area contributed by atoms with Crippen LogP contribution >= 0.6 is 0 Å². The molecule has 0 amide bonds. The zero-order chi connectivity index (χ0) is 13.2. The molecule has 5 heteroatoms. The summed E-state index contributed by atoms with van der Waals surface area (Å²) in [6, 6.07) is 10.4. The molecule has 0 unspecified atom stereocenters. The molecule has 0 aliphatic rings. The van der Waals surface area contributed by atoms with Crippen LogP contribution < -0.4 is 4.74 Å². The summed E-state index contributed by atoms with van der Waals surface area (Å²) in [5, 5.41) is 0. The quantitative estimate of drug-likeness (QED) is 0.800. The first-order chi connectivity index (χ1) is 8.45. The first kappa shape index (κ1) is 12.4. The van der Waals surface area contributed by atoms with Crippen LogP contribution in [-0.2, 0) is 6.18 Å². The fourth-order valence-electron chi connectivity index (χ4n) is 1.46. The number of alkyl halides is 3. The highest BCUT2D eigenvalue weighted by atomic mass is 19.4. The van der Waals surface area contributed by atoms with Gasteiger partial charge in [0.05, 0.1) is 5.56 Å². The second kappa shape index (κ2) is 4.68. The Kier molecular flexibility index (Phi) is 3.23. The Morgan fingerprint density at radius 2 is 1.72 bits per heavy atom. The number of nitrogens with zero attached hydrogens (tertiary/aromatic N) is 1. The van der Waals surface area contributed by atoms with Crippen molar-refractivity contribution in [2.75, 3.05) is 0 Å². The number of benzene rings is 1. The third-order valence-corrected chi connectivity index (χ3v) is 2.22. The molecule has 0 atom stereocenters. The second-order valence-corrected chi connectivity index (χ2v) is 3.75. The van der Waals surface area contributed by atoms with Gasteiger partial charge in [-0.2, -0.15) is 13.2 Å². The summed E-state index contributed by atoms with van der Waals surface area (Å²) < 4.78 is 43.1.